The van der Waals surface area contributed by atoms with E-state index in [1.54, 1.807) is 24.3 Å². The molecule has 4 nitrogen and oxygen atoms in total. The van der Waals surface area contributed by atoms with E-state index in [9.17, 15) is 13.5 Å². The molecule has 1 aliphatic rings. The molecule has 1 atom stereocenters. The molecule has 0 amide bonds. The van der Waals surface area contributed by atoms with Crippen LogP contribution in [-0.2, 0) is 9.84 Å². The third-order valence-corrected chi connectivity index (χ3v) is 5.77. The Balaban J connectivity index is 2.00. The van der Waals surface area contributed by atoms with Crippen molar-refractivity contribution in [2.24, 2.45) is 0 Å². The molecule has 1 unspecified atom stereocenters. The first-order chi connectivity index (χ1) is 9.03. The third kappa shape index (κ3) is 3.78. The molecule has 1 aromatic rings. The van der Waals surface area contributed by atoms with E-state index in [0.29, 0.717) is 11.4 Å². The highest BCUT2D eigenvalue weighted by Crippen LogP contribution is 2.19. The molecule has 0 bridgehead atoms. The fraction of sp³-hybridized carbons (Fsp3) is 0.538. The predicted molar refractivity (Wildman–Crippen MR) is 77.9 cm³/mol. The van der Waals surface area contributed by atoms with E-state index >= 15 is 0 Å². The predicted octanol–water partition coefficient (Wildman–Crippen LogP) is 1.68. The lowest BCUT2D eigenvalue weighted by atomic mass is 10.2. The average molecular weight is 348 g/mol. The third-order valence-electron chi connectivity index (χ3n) is 3.53. The fourth-order valence-electron chi connectivity index (χ4n) is 2.39. The molecule has 1 saturated heterocycles. The number of rotatable bonds is 5. The molecule has 0 aliphatic carbocycles. The van der Waals surface area contributed by atoms with Crippen LogP contribution in [0, 0.1) is 0 Å². The lowest BCUT2D eigenvalue weighted by molar-refractivity contribution is 0.165. The standard InChI is InChI=1S/C13H18BrNO3S/c14-11-3-5-13(6-4-11)19(17,18)9-8-15-7-1-2-12(15)10-16/h3-6,12,16H,1-2,7-10H2. The Hall–Kier alpha value is -0.430. The van der Waals surface area contributed by atoms with Crippen molar-refractivity contribution in [1.29, 1.82) is 0 Å². The van der Waals surface area contributed by atoms with Gasteiger partial charge in [0, 0.05) is 17.1 Å². The number of benzene rings is 1. The van der Waals surface area contributed by atoms with Gasteiger partial charge in [0.05, 0.1) is 17.3 Å². The average Bonchev–Trinajstić information content (AvgIpc) is 2.84. The zero-order valence-electron chi connectivity index (χ0n) is 10.6. The van der Waals surface area contributed by atoms with E-state index in [4.69, 9.17) is 0 Å². The van der Waals surface area contributed by atoms with Gasteiger partial charge in [-0.1, -0.05) is 15.9 Å². The van der Waals surface area contributed by atoms with Gasteiger partial charge in [0.25, 0.3) is 0 Å². The molecule has 106 valence electrons. The molecule has 0 saturated carbocycles. The van der Waals surface area contributed by atoms with Crippen LogP contribution in [0.2, 0.25) is 0 Å². The Morgan fingerprint density at radius 2 is 2.00 bits per heavy atom. The maximum Gasteiger partial charge on any atom is 0.179 e. The number of hydrogen-bond acceptors (Lipinski definition) is 4. The van der Waals surface area contributed by atoms with E-state index < -0.39 is 9.84 Å². The van der Waals surface area contributed by atoms with Crippen LogP contribution in [0.25, 0.3) is 0 Å². The maximum atomic E-state index is 12.2. The second kappa shape index (κ2) is 6.35. The molecule has 1 N–H and O–H groups in total. The quantitative estimate of drug-likeness (QED) is 0.880. The molecule has 2 rings (SSSR count). The topological polar surface area (TPSA) is 57.6 Å². The van der Waals surface area contributed by atoms with Crippen LogP contribution >= 0.6 is 15.9 Å². The summed E-state index contributed by atoms with van der Waals surface area (Å²) >= 11 is 3.29. The van der Waals surface area contributed by atoms with Crippen LogP contribution in [0.1, 0.15) is 12.8 Å². The van der Waals surface area contributed by atoms with Crippen LogP contribution in [-0.4, -0.2) is 49.9 Å². The summed E-state index contributed by atoms with van der Waals surface area (Å²) in [6, 6.07) is 6.83. The maximum absolute atomic E-state index is 12.2. The SMILES string of the molecule is O=S(=O)(CCN1CCCC1CO)c1ccc(Br)cc1. The number of likely N-dealkylation sites (tertiary alicyclic amines) is 1. The van der Waals surface area contributed by atoms with Gasteiger partial charge < -0.3 is 5.11 Å². The van der Waals surface area contributed by atoms with Crippen molar-refractivity contribution in [3.63, 3.8) is 0 Å². The van der Waals surface area contributed by atoms with E-state index in [2.05, 4.69) is 20.8 Å². The Morgan fingerprint density at radius 1 is 1.32 bits per heavy atom. The fourth-order valence-corrected chi connectivity index (χ4v) is 3.92. The van der Waals surface area contributed by atoms with E-state index in [1.807, 2.05) is 0 Å². The summed E-state index contributed by atoms with van der Waals surface area (Å²) in [5.74, 6) is 0.102. The van der Waals surface area contributed by atoms with Gasteiger partial charge in [-0.3, -0.25) is 4.90 Å². The second-order valence-corrected chi connectivity index (χ2v) is 7.81. The minimum Gasteiger partial charge on any atom is -0.395 e. The lowest BCUT2D eigenvalue weighted by Crippen LogP contribution is -2.35. The number of nitrogens with zero attached hydrogens (tertiary/aromatic N) is 1. The first kappa shape index (κ1) is 15.0. The van der Waals surface area contributed by atoms with Crippen molar-refractivity contribution in [2.75, 3.05) is 25.4 Å². The van der Waals surface area contributed by atoms with Gasteiger partial charge in [-0.2, -0.15) is 0 Å². The highest BCUT2D eigenvalue weighted by Gasteiger charge is 2.25. The van der Waals surface area contributed by atoms with Gasteiger partial charge in [-0.25, -0.2) is 8.42 Å². The summed E-state index contributed by atoms with van der Waals surface area (Å²) < 4.78 is 25.2. The summed E-state index contributed by atoms with van der Waals surface area (Å²) in [6.45, 7) is 1.48. The molecule has 0 aromatic heterocycles. The summed E-state index contributed by atoms with van der Waals surface area (Å²) in [5, 5.41) is 9.22. The highest BCUT2D eigenvalue weighted by molar-refractivity contribution is 9.10. The molecular weight excluding hydrogens is 330 g/mol. The highest BCUT2D eigenvalue weighted by atomic mass is 79.9. The van der Waals surface area contributed by atoms with Crippen molar-refractivity contribution in [3.05, 3.63) is 28.7 Å². The Labute approximate surface area is 122 Å². The van der Waals surface area contributed by atoms with Crippen molar-refractivity contribution in [3.8, 4) is 0 Å². The van der Waals surface area contributed by atoms with Crippen LogP contribution in [0.15, 0.2) is 33.6 Å². The van der Waals surface area contributed by atoms with Crippen molar-refractivity contribution < 1.29 is 13.5 Å². The van der Waals surface area contributed by atoms with Crippen LogP contribution in [0.4, 0.5) is 0 Å². The first-order valence-corrected chi connectivity index (χ1v) is 8.81. The smallest absolute Gasteiger partial charge is 0.179 e. The van der Waals surface area contributed by atoms with Gasteiger partial charge in [0.15, 0.2) is 9.84 Å². The number of aliphatic hydroxyl groups excluding tert-OH is 1. The molecule has 19 heavy (non-hydrogen) atoms. The van der Waals surface area contributed by atoms with Crippen molar-refractivity contribution in [2.45, 2.75) is 23.8 Å². The molecule has 6 heteroatoms. The lowest BCUT2D eigenvalue weighted by Gasteiger charge is -2.22. The van der Waals surface area contributed by atoms with Gasteiger partial charge in [0.2, 0.25) is 0 Å². The van der Waals surface area contributed by atoms with Crippen LogP contribution < -0.4 is 0 Å². The van der Waals surface area contributed by atoms with Crippen LogP contribution in [0.3, 0.4) is 0 Å². The van der Waals surface area contributed by atoms with Gasteiger partial charge in [-0.05, 0) is 43.7 Å². The molecular formula is C13H18BrNO3S. The Kier molecular flexibility index (Phi) is 5.00. The van der Waals surface area contributed by atoms with E-state index in [-0.39, 0.29) is 18.4 Å². The molecule has 1 heterocycles. The number of halogens is 1. The van der Waals surface area contributed by atoms with E-state index in [0.717, 1.165) is 23.9 Å². The minimum atomic E-state index is -3.24. The summed E-state index contributed by atoms with van der Waals surface area (Å²) in [6.07, 6.45) is 1.98. The van der Waals surface area contributed by atoms with Gasteiger partial charge >= 0.3 is 0 Å². The number of sulfone groups is 1. The summed E-state index contributed by atoms with van der Waals surface area (Å²) in [4.78, 5) is 2.42. The van der Waals surface area contributed by atoms with Gasteiger partial charge in [0.1, 0.15) is 0 Å². The number of hydrogen-bond donors (Lipinski definition) is 1. The molecule has 0 spiro atoms. The second-order valence-electron chi connectivity index (χ2n) is 4.79. The largest absolute Gasteiger partial charge is 0.395 e. The summed E-state index contributed by atoms with van der Waals surface area (Å²) in [5.41, 5.74) is 0. The Morgan fingerprint density at radius 3 is 2.63 bits per heavy atom. The molecule has 1 aliphatic heterocycles. The normalized spacial score (nSPS) is 20.8. The monoisotopic (exact) mass is 347 g/mol. The zero-order chi connectivity index (χ0) is 13.9. The van der Waals surface area contributed by atoms with E-state index in [1.165, 1.54) is 0 Å². The molecule has 1 aromatic carbocycles. The zero-order valence-corrected chi connectivity index (χ0v) is 13.0. The van der Waals surface area contributed by atoms with Crippen LogP contribution in [0.5, 0.6) is 0 Å². The first-order valence-electron chi connectivity index (χ1n) is 6.36. The van der Waals surface area contributed by atoms with Gasteiger partial charge in [-0.15, -0.1) is 0 Å². The molecule has 1 fully saturated rings. The minimum absolute atomic E-state index is 0.102. The summed E-state index contributed by atoms with van der Waals surface area (Å²) in [7, 11) is -3.24. The Bertz CT molecular complexity index is 515. The number of aliphatic hydroxyl groups is 1. The van der Waals surface area contributed by atoms with Crippen molar-refractivity contribution in [1.82, 2.24) is 4.90 Å². The van der Waals surface area contributed by atoms with Crippen molar-refractivity contribution >= 4 is 25.8 Å². The molecule has 0 radical (unpaired) electrons.